The van der Waals surface area contributed by atoms with Gasteiger partial charge in [-0.2, -0.15) is 0 Å². The van der Waals surface area contributed by atoms with Crippen LogP contribution in [0, 0.1) is 0 Å². The van der Waals surface area contributed by atoms with E-state index in [1.165, 1.54) is 6.07 Å². The summed E-state index contributed by atoms with van der Waals surface area (Å²) in [5.74, 6) is -0.586. The zero-order chi connectivity index (χ0) is 22.1. The Balaban J connectivity index is 1.51. The highest BCUT2D eigenvalue weighted by molar-refractivity contribution is 5.95. The van der Waals surface area contributed by atoms with E-state index in [0.717, 1.165) is 16.7 Å². The molecule has 0 saturated carbocycles. The number of ether oxygens (including phenoxy) is 3. The maximum atomic E-state index is 12.9. The van der Waals surface area contributed by atoms with Gasteiger partial charge in [-0.05, 0) is 73.1 Å². The Morgan fingerprint density at radius 2 is 1.61 bits per heavy atom. The maximum absolute atomic E-state index is 12.9. The van der Waals surface area contributed by atoms with Crippen LogP contribution in [0.2, 0.25) is 0 Å². The Morgan fingerprint density at radius 3 is 2.35 bits per heavy atom. The minimum absolute atomic E-state index is 0.0331. The standard InChI is InChI=1S/C23H26N2O6/c1-2-29-20-5-3-12-7-13(24)8-16(12)21(20)23(28)31-11-30-19-6-4-15(22(26)27)17-9-14(25)10-18(17)19/h3-6,13-14H,2,7-11,24-25H2,1H3,(H,26,27). The summed E-state index contributed by atoms with van der Waals surface area (Å²) in [6.45, 7) is 1.96. The highest BCUT2D eigenvalue weighted by Gasteiger charge is 2.29. The maximum Gasteiger partial charge on any atom is 0.345 e. The second-order valence-corrected chi connectivity index (χ2v) is 7.91. The molecule has 164 valence electrons. The molecule has 2 atom stereocenters. The van der Waals surface area contributed by atoms with Crippen molar-refractivity contribution in [2.45, 2.75) is 44.7 Å². The van der Waals surface area contributed by atoms with Crippen LogP contribution >= 0.6 is 0 Å². The van der Waals surface area contributed by atoms with Gasteiger partial charge in [0.15, 0.2) is 0 Å². The molecule has 0 saturated heterocycles. The summed E-state index contributed by atoms with van der Waals surface area (Å²) in [5.41, 5.74) is 16.0. The van der Waals surface area contributed by atoms with Crippen molar-refractivity contribution in [3.63, 3.8) is 0 Å². The second-order valence-electron chi connectivity index (χ2n) is 7.91. The Hall–Kier alpha value is -3.10. The number of hydrogen-bond acceptors (Lipinski definition) is 7. The van der Waals surface area contributed by atoms with Crippen LogP contribution in [0.25, 0.3) is 0 Å². The monoisotopic (exact) mass is 426 g/mol. The van der Waals surface area contributed by atoms with E-state index in [-0.39, 0.29) is 24.4 Å². The van der Waals surface area contributed by atoms with Gasteiger partial charge in [-0.3, -0.25) is 0 Å². The molecule has 0 amide bonds. The molecule has 31 heavy (non-hydrogen) atoms. The van der Waals surface area contributed by atoms with Gasteiger partial charge in [0.1, 0.15) is 17.1 Å². The van der Waals surface area contributed by atoms with Crippen LogP contribution in [0.5, 0.6) is 11.5 Å². The van der Waals surface area contributed by atoms with Crippen LogP contribution < -0.4 is 20.9 Å². The van der Waals surface area contributed by atoms with Crippen LogP contribution in [0.1, 0.15) is 49.9 Å². The van der Waals surface area contributed by atoms with Crippen molar-refractivity contribution in [3.05, 3.63) is 57.6 Å². The molecule has 0 aliphatic heterocycles. The Kier molecular flexibility index (Phi) is 5.84. The minimum Gasteiger partial charge on any atom is -0.493 e. The van der Waals surface area contributed by atoms with E-state index in [9.17, 15) is 14.7 Å². The second kappa shape index (κ2) is 8.56. The van der Waals surface area contributed by atoms with Crippen LogP contribution in [-0.2, 0) is 30.4 Å². The predicted molar refractivity (Wildman–Crippen MR) is 113 cm³/mol. The SMILES string of the molecule is CCOc1ccc2c(c1C(=O)OCOc1ccc(C(=O)O)c3c1CC(N)C3)CC(N)C2. The van der Waals surface area contributed by atoms with Gasteiger partial charge in [-0.25, -0.2) is 9.59 Å². The number of carbonyl (C=O) groups is 2. The van der Waals surface area contributed by atoms with Crippen LogP contribution in [0.3, 0.4) is 0 Å². The molecule has 2 unspecified atom stereocenters. The quantitative estimate of drug-likeness (QED) is 0.451. The number of hydrogen-bond donors (Lipinski definition) is 3. The zero-order valence-corrected chi connectivity index (χ0v) is 17.3. The molecular weight excluding hydrogens is 400 g/mol. The molecule has 0 spiro atoms. The molecule has 8 heteroatoms. The van der Waals surface area contributed by atoms with Gasteiger partial charge in [0, 0.05) is 12.1 Å². The number of esters is 1. The largest absolute Gasteiger partial charge is 0.493 e. The van der Waals surface area contributed by atoms with Crippen molar-refractivity contribution in [1.29, 1.82) is 0 Å². The number of carboxylic acids is 1. The molecule has 0 fully saturated rings. The van der Waals surface area contributed by atoms with E-state index in [2.05, 4.69) is 0 Å². The number of carbonyl (C=O) groups excluding carboxylic acids is 1. The van der Waals surface area contributed by atoms with Crippen molar-refractivity contribution < 1.29 is 28.9 Å². The van der Waals surface area contributed by atoms with Crippen molar-refractivity contribution in [1.82, 2.24) is 0 Å². The molecule has 0 heterocycles. The normalized spacial score (nSPS) is 18.9. The number of benzene rings is 2. The molecule has 5 N–H and O–H groups in total. The van der Waals surface area contributed by atoms with E-state index >= 15 is 0 Å². The van der Waals surface area contributed by atoms with E-state index < -0.39 is 11.9 Å². The van der Waals surface area contributed by atoms with Gasteiger partial charge >= 0.3 is 11.9 Å². The third-order valence-electron chi connectivity index (χ3n) is 5.78. The molecule has 8 nitrogen and oxygen atoms in total. The lowest BCUT2D eigenvalue weighted by atomic mass is 10.0. The fraction of sp³-hybridized carbons (Fsp3) is 0.391. The number of nitrogens with two attached hydrogens (primary N) is 2. The van der Waals surface area contributed by atoms with Gasteiger partial charge < -0.3 is 30.8 Å². The smallest absolute Gasteiger partial charge is 0.345 e. The molecule has 4 rings (SSSR count). The van der Waals surface area contributed by atoms with Crippen molar-refractivity contribution >= 4 is 11.9 Å². The number of rotatable bonds is 7. The summed E-state index contributed by atoms with van der Waals surface area (Å²) in [6.07, 6.45) is 2.28. The molecule has 0 bridgehead atoms. The fourth-order valence-corrected chi connectivity index (χ4v) is 4.49. The molecule has 2 aliphatic rings. The summed E-state index contributed by atoms with van der Waals surface area (Å²) >= 11 is 0. The first-order valence-corrected chi connectivity index (χ1v) is 10.4. The van der Waals surface area contributed by atoms with Crippen LogP contribution in [-0.4, -0.2) is 42.5 Å². The summed E-state index contributed by atoms with van der Waals surface area (Å²) in [4.78, 5) is 24.4. The summed E-state index contributed by atoms with van der Waals surface area (Å²) < 4.78 is 16.8. The first-order chi connectivity index (χ1) is 14.9. The summed E-state index contributed by atoms with van der Waals surface area (Å²) in [5, 5.41) is 9.39. The summed E-state index contributed by atoms with van der Waals surface area (Å²) in [6, 6.07) is 6.60. The summed E-state index contributed by atoms with van der Waals surface area (Å²) in [7, 11) is 0. The topological polar surface area (TPSA) is 134 Å². The molecular formula is C23H26N2O6. The molecule has 2 aromatic carbocycles. The van der Waals surface area contributed by atoms with Crippen molar-refractivity contribution in [3.8, 4) is 11.5 Å². The third kappa shape index (κ3) is 4.08. The molecule has 0 radical (unpaired) electrons. The number of carboxylic acid groups (broad SMARTS) is 1. The van der Waals surface area contributed by atoms with Crippen LogP contribution in [0.15, 0.2) is 24.3 Å². The Morgan fingerprint density at radius 1 is 0.935 bits per heavy atom. The van der Waals surface area contributed by atoms with Gasteiger partial charge in [-0.15, -0.1) is 0 Å². The first-order valence-electron chi connectivity index (χ1n) is 10.4. The lowest BCUT2D eigenvalue weighted by Gasteiger charge is -2.16. The molecule has 2 aromatic rings. The third-order valence-corrected chi connectivity index (χ3v) is 5.78. The fourth-order valence-electron chi connectivity index (χ4n) is 4.49. The first kappa shape index (κ1) is 21.1. The molecule has 0 aromatic heterocycles. The highest BCUT2D eigenvalue weighted by Crippen LogP contribution is 2.34. The van der Waals surface area contributed by atoms with Gasteiger partial charge in [-0.1, -0.05) is 6.07 Å². The van der Waals surface area contributed by atoms with Gasteiger partial charge in [0.25, 0.3) is 0 Å². The van der Waals surface area contributed by atoms with Crippen molar-refractivity contribution in [2.24, 2.45) is 11.5 Å². The van der Waals surface area contributed by atoms with Gasteiger partial charge in [0.05, 0.1) is 12.2 Å². The average Bonchev–Trinajstić information content (AvgIpc) is 3.29. The Bertz CT molecular complexity index is 1040. The van der Waals surface area contributed by atoms with E-state index in [0.29, 0.717) is 54.9 Å². The molecule has 2 aliphatic carbocycles. The average molecular weight is 426 g/mol. The van der Waals surface area contributed by atoms with Gasteiger partial charge in [0.2, 0.25) is 6.79 Å². The minimum atomic E-state index is -0.997. The van der Waals surface area contributed by atoms with Crippen LogP contribution in [0.4, 0.5) is 0 Å². The zero-order valence-electron chi connectivity index (χ0n) is 17.3. The van der Waals surface area contributed by atoms with Crippen molar-refractivity contribution in [2.75, 3.05) is 13.4 Å². The van der Waals surface area contributed by atoms with E-state index in [1.54, 1.807) is 12.1 Å². The lowest BCUT2D eigenvalue weighted by Crippen LogP contribution is -2.20. The number of aromatic carboxylic acids is 1. The number of fused-ring (bicyclic) bond motifs is 2. The predicted octanol–water partition coefficient (Wildman–Crippen LogP) is 1.83. The highest BCUT2D eigenvalue weighted by atomic mass is 16.7. The van der Waals surface area contributed by atoms with E-state index in [1.807, 2.05) is 13.0 Å². The Labute approximate surface area is 180 Å². The lowest BCUT2D eigenvalue weighted by molar-refractivity contribution is 0.0147. The van der Waals surface area contributed by atoms with E-state index in [4.69, 9.17) is 25.7 Å².